The van der Waals surface area contributed by atoms with E-state index in [0.29, 0.717) is 42.5 Å². The summed E-state index contributed by atoms with van der Waals surface area (Å²) in [6.07, 6.45) is 6.58. The van der Waals surface area contributed by atoms with Gasteiger partial charge in [-0.2, -0.15) is 5.21 Å². The van der Waals surface area contributed by atoms with Gasteiger partial charge in [-0.3, -0.25) is 14.4 Å². The summed E-state index contributed by atoms with van der Waals surface area (Å²) in [6.45, 7) is 4.34. The highest BCUT2D eigenvalue weighted by molar-refractivity contribution is 5.97. The number of likely N-dealkylation sites (tertiary alicyclic amines) is 1. The van der Waals surface area contributed by atoms with Crippen molar-refractivity contribution in [3.8, 4) is 22.5 Å². The Morgan fingerprint density at radius 3 is 2.35 bits per heavy atom. The molecule has 0 bridgehead atoms. The number of hydrogen-bond acceptors (Lipinski definition) is 8. The Morgan fingerprint density at radius 1 is 0.898 bits per heavy atom. The smallest absolute Gasteiger partial charge is 0.251 e. The molecule has 1 aromatic heterocycles. The average Bonchev–Trinajstić information content (AvgIpc) is 3.88. The van der Waals surface area contributed by atoms with E-state index in [1.165, 1.54) is 12.8 Å². The number of ketones is 1. The maximum atomic E-state index is 13.8. The highest BCUT2D eigenvalue weighted by Crippen LogP contribution is 2.31. The zero-order chi connectivity index (χ0) is 34.0. The van der Waals surface area contributed by atoms with E-state index in [0.717, 1.165) is 67.6 Å². The Labute approximate surface area is 287 Å². The molecule has 0 spiro atoms. The van der Waals surface area contributed by atoms with Crippen LogP contribution in [0.1, 0.15) is 60.9 Å². The minimum atomic E-state index is -0.556. The summed E-state index contributed by atoms with van der Waals surface area (Å²) < 4.78 is 0. The van der Waals surface area contributed by atoms with Gasteiger partial charge in [0.05, 0.1) is 0 Å². The molecule has 2 amide bonds. The second-order valence-electron chi connectivity index (χ2n) is 13.4. The van der Waals surface area contributed by atoms with Gasteiger partial charge in [0.2, 0.25) is 11.7 Å². The molecule has 5 N–H and O–H groups in total. The number of carbonyl (C=O) groups excluding carboxylic acids is 3. The number of nitrogens with zero attached hydrogens (tertiary/aromatic N) is 4. The molecule has 0 unspecified atom stereocenters. The lowest BCUT2D eigenvalue weighted by atomic mass is 9.77. The molecule has 2 aliphatic rings. The molecule has 256 valence electrons. The second kappa shape index (κ2) is 16.6. The monoisotopic (exact) mass is 662 g/mol. The third-order valence-electron chi connectivity index (χ3n) is 9.99. The van der Waals surface area contributed by atoms with E-state index in [1.54, 1.807) is 12.1 Å². The standard InChI is InChI=1S/C38H46N8O3/c39-25-26-9-11-28(12-10-26)35(47)24-33(38(49)41-34-15-13-29(14-16-34)36-42-44-45-43-36)22-27-5-3-6-30(21-27)31-7-4-8-32(23-31)37(48)40-17-20-46-18-1-2-19-46/h3-8,13-16,21,23,26,28,33H,1-2,9-12,17-20,22,24-25,39H2,(H,40,48)(H,41,49)(H,42,43,44,45)/t26?,28?,33-/m1/s1. The van der Waals surface area contributed by atoms with Crippen LogP contribution in [0, 0.1) is 17.8 Å². The van der Waals surface area contributed by atoms with Crippen molar-refractivity contribution in [2.75, 3.05) is 38.0 Å². The Bertz CT molecular complexity index is 1690. The highest BCUT2D eigenvalue weighted by atomic mass is 16.2. The molecule has 11 nitrogen and oxygen atoms in total. The molecular formula is C38H46N8O3. The summed E-state index contributed by atoms with van der Waals surface area (Å²) in [5.74, 6) is 0.202. The van der Waals surface area contributed by atoms with Gasteiger partial charge in [0.25, 0.3) is 5.91 Å². The molecule has 1 aliphatic heterocycles. The average molecular weight is 663 g/mol. The van der Waals surface area contributed by atoms with Crippen LogP contribution in [0.2, 0.25) is 0 Å². The number of rotatable bonds is 14. The van der Waals surface area contributed by atoms with Crippen LogP contribution in [0.5, 0.6) is 0 Å². The number of Topliss-reactive ketones (excluding diaryl/α,β-unsaturated/α-hetero) is 1. The molecule has 49 heavy (non-hydrogen) atoms. The van der Waals surface area contributed by atoms with Crippen LogP contribution in [0.3, 0.4) is 0 Å². The predicted molar refractivity (Wildman–Crippen MR) is 189 cm³/mol. The lowest BCUT2D eigenvalue weighted by molar-refractivity contribution is -0.129. The summed E-state index contributed by atoms with van der Waals surface area (Å²) in [4.78, 5) is 42.8. The van der Waals surface area contributed by atoms with E-state index in [1.807, 2.05) is 54.6 Å². The fourth-order valence-electron chi connectivity index (χ4n) is 7.06. The van der Waals surface area contributed by atoms with Crippen LogP contribution in [0.15, 0.2) is 72.8 Å². The third kappa shape index (κ3) is 9.24. The van der Waals surface area contributed by atoms with Crippen molar-refractivity contribution < 1.29 is 14.4 Å². The number of aromatic nitrogens is 4. The number of benzene rings is 3. The van der Waals surface area contributed by atoms with Gasteiger partial charge in [0.1, 0.15) is 5.78 Å². The zero-order valence-corrected chi connectivity index (χ0v) is 27.9. The van der Waals surface area contributed by atoms with E-state index in [-0.39, 0.29) is 29.9 Å². The molecule has 0 radical (unpaired) electrons. The first-order chi connectivity index (χ1) is 23.9. The lowest BCUT2D eigenvalue weighted by Gasteiger charge is -2.27. The van der Waals surface area contributed by atoms with Gasteiger partial charge in [0, 0.05) is 48.2 Å². The SMILES string of the molecule is NCC1CCC(C(=O)C[C@@H](Cc2cccc(-c3cccc(C(=O)NCCN4CCCC4)c3)c2)C(=O)Nc2ccc(-c3nn[nH]n3)cc2)CC1. The van der Waals surface area contributed by atoms with Crippen LogP contribution in [-0.4, -0.2) is 75.8 Å². The van der Waals surface area contributed by atoms with Crippen molar-refractivity contribution in [3.05, 3.63) is 83.9 Å². The quantitative estimate of drug-likeness (QED) is 0.149. The molecule has 1 saturated heterocycles. The third-order valence-corrected chi connectivity index (χ3v) is 9.99. The first-order valence-electron chi connectivity index (χ1n) is 17.5. The topological polar surface area (TPSA) is 159 Å². The number of tetrazole rings is 1. The summed E-state index contributed by atoms with van der Waals surface area (Å²) in [7, 11) is 0. The maximum Gasteiger partial charge on any atom is 0.251 e. The van der Waals surface area contributed by atoms with Gasteiger partial charge in [-0.1, -0.05) is 36.4 Å². The number of nitrogens with one attached hydrogen (secondary N) is 3. The summed E-state index contributed by atoms with van der Waals surface area (Å²) in [5.41, 5.74) is 10.7. The van der Waals surface area contributed by atoms with Gasteiger partial charge in [0.15, 0.2) is 0 Å². The van der Waals surface area contributed by atoms with E-state index in [2.05, 4.69) is 42.2 Å². The van der Waals surface area contributed by atoms with E-state index in [4.69, 9.17) is 5.73 Å². The normalized spacial score (nSPS) is 18.6. The van der Waals surface area contributed by atoms with Crippen molar-refractivity contribution in [2.24, 2.45) is 23.5 Å². The predicted octanol–water partition coefficient (Wildman–Crippen LogP) is 4.88. The van der Waals surface area contributed by atoms with Gasteiger partial charge in [-0.05, 0) is 129 Å². The second-order valence-corrected chi connectivity index (χ2v) is 13.4. The van der Waals surface area contributed by atoms with Crippen molar-refractivity contribution in [2.45, 2.75) is 51.4 Å². The Balaban J connectivity index is 1.15. The van der Waals surface area contributed by atoms with E-state index in [9.17, 15) is 14.4 Å². The molecular weight excluding hydrogens is 616 g/mol. The first-order valence-corrected chi connectivity index (χ1v) is 17.5. The number of carbonyl (C=O) groups is 3. The largest absolute Gasteiger partial charge is 0.351 e. The number of aromatic amines is 1. The van der Waals surface area contributed by atoms with Gasteiger partial charge < -0.3 is 21.3 Å². The maximum absolute atomic E-state index is 13.8. The molecule has 2 fully saturated rings. The first kappa shape index (κ1) is 34.1. The molecule has 6 rings (SSSR count). The number of nitrogens with two attached hydrogens (primary N) is 1. The molecule has 2 heterocycles. The van der Waals surface area contributed by atoms with E-state index >= 15 is 0 Å². The Kier molecular flexibility index (Phi) is 11.6. The van der Waals surface area contributed by atoms with Crippen molar-refractivity contribution in [1.29, 1.82) is 0 Å². The van der Waals surface area contributed by atoms with Crippen LogP contribution in [-0.2, 0) is 16.0 Å². The molecule has 11 heteroatoms. The highest BCUT2D eigenvalue weighted by Gasteiger charge is 2.30. The summed E-state index contributed by atoms with van der Waals surface area (Å²) in [5, 5.41) is 20.2. The van der Waals surface area contributed by atoms with Crippen molar-refractivity contribution in [3.63, 3.8) is 0 Å². The number of anilines is 1. The van der Waals surface area contributed by atoms with Crippen LogP contribution < -0.4 is 16.4 Å². The van der Waals surface area contributed by atoms with E-state index < -0.39 is 5.92 Å². The molecule has 3 aromatic carbocycles. The Morgan fingerprint density at radius 2 is 1.63 bits per heavy atom. The number of H-pyrrole nitrogens is 1. The van der Waals surface area contributed by atoms with Crippen LogP contribution >= 0.6 is 0 Å². The number of hydrogen-bond donors (Lipinski definition) is 4. The minimum Gasteiger partial charge on any atom is -0.351 e. The summed E-state index contributed by atoms with van der Waals surface area (Å²) >= 11 is 0. The fraction of sp³-hybridized carbons (Fsp3) is 0.421. The molecule has 1 aliphatic carbocycles. The van der Waals surface area contributed by atoms with Crippen LogP contribution in [0.25, 0.3) is 22.5 Å². The van der Waals surface area contributed by atoms with Crippen molar-refractivity contribution in [1.82, 2.24) is 30.8 Å². The zero-order valence-electron chi connectivity index (χ0n) is 27.9. The minimum absolute atomic E-state index is 0.0390. The molecule has 1 saturated carbocycles. The van der Waals surface area contributed by atoms with Gasteiger partial charge >= 0.3 is 0 Å². The summed E-state index contributed by atoms with van der Waals surface area (Å²) in [6, 6.07) is 22.9. The van der Waals surface area contributed by atoms with Crippen molar-refractivity contribution >= 4 is 23.3 Å². The number of amides is 2. The molecule has 4 aromatic rings. The Hall–Kier alpha value is -4.74. The van der Waals surface area contributed by atoms with Gasteiger partial charge in [-0.15, -0.1) is 10.2 Å². The van der Waals surface area contributed by atoms with Gasteiger partial charge in [-0.25, -0.2) is 0 Å². The van der Waals surface area contributed by atoms with Crippen LogP contribution in [0.4, 0.5) is 5.69 Å². The fourth-order valence-corrected chi connectivity index (χ4v) is 7.06. The lowest BCUT2D eigenvalue weighted by Crippen LogP contribution is -2.33. The molecule has 1 atom stereocenters.